The second-order valence-corrected chi connectivity index (χ2v) is 9.08. The second-order valence-electron chi connectivity index (χ2n) is 9.08. The van der Waals surface area contributed by atoms with Gasteiger partial charge in [-0.25, -0.2) is 4.79 Å². The third kappa shape index (κ3) is 8.31. The summed E-state index contributed by atoms with van der Waals surface area (Å²) in [6.07, 6.45) is 2.35. The Morgan fingerprint density at radius 2 is 1.73 bits per heavy atom. The van der Waals surface area contributed by atoms with Crippen molar-refractivity contribution in [2.24, 2.45) is 5.92 Å². The van der Waals surface area contributed by atoms with Crippen LogP contribution in [0, 0.1) is 5.92 Å². The fraction of sp³-hybridized carbons (Fsp3) is 0.500. The number of urea groups is 1. The molecule has 0 spiro atoms. The molecular weight excluding hydrogens is 378 g/mol. The number of furan rings is 1. The number of nitrogens with one attached hydrogen (secondary N) is 1. The maximum atomic E-state index is 13.2. The lowest BCUT2D eigenvalue weighted by molar-refractivity contribution is -0.132. The summed E-state index contributed by atoms with van der Waals surface area (Å²) in [5, 5.41) is 2.97. The number of hydrogen-bond donors (Lipinski definition) is 1. The molecule has 0 saturated carbocycles. The van der Waals surface area contributed by atoms with Crippen molar-refractivity contribution in [1.29, 1.82) is 0 Å². The van der Waals surface area contributed by atoms with Gasteiger partial charge in [0.05, 0.1) is 12.8 Å². The summed E-state index contributed by atoms with van der Waals surface area (Å²) < 4.78 is 5.46. The molecule has 30 heavy (non-hydrogen) atoms. The lowest BCUT2D eigenvalue weighted by Crippen LogP contribution is -2.52. The van der Waals surface area contributed by atoms with Gasteiger partial charge in [0.15, 0.2) is 0 Å². The first kappa shape index (κ1) is 23.5. The van der Waals surface area contributed by atoms with Gasteiger partial charge in [-0.05, 0) is 50.8 Å². The number of carbonyl (C=O) groups excluding carboxylic acids is 2. The Labute approximate surface area is 180 Å². The van der Waals surface area contributed by atoms with Gasteiger partial charge >= 0.3 is 6.03 Å². The monoisotopic (exact) mass is 413 g/mol. The molecule has 1 aromatic heterocycles. The molecule has 1 aromatic carbocycles. The maximum absolute atomic E-state index is 13.2. The van der Waals surface area contributed by atoms with E-state index in [4.69, 9.17) is 4.42 Å². The van der Waals surface area contributed by atoms with Crippen LogP contribution in [-0.2, 0) is 17.8 Å². The summed E-state index contributed by atoms with van der Waals surface area (Å²) in [7, 11) is 0. The van der Waals surface area contributed by atoms with Crippen molar-refractivity contribution in [3.8, 4) is 0 Å². The van der Waals surface area contributed by atoms with Gasteiger partial charge in [0.2, 0.25) is 5.91 Å². The van der Waals surface area contributed by atoms with E-state index in [1.807, 2.05) is 65.0 Å². The average Bonchev–Trinajstić information content (AvgIpc) is 3.16. The molecule has 1 heterocycles. The Balaban J connectivity index is 2.11. The Morgan fingerprint density at radius 1 is 1.03 bits per heavy atom. The van der Waals surface area contributed by atoms with E-state index in [1.54, 1.807) is 16.1 Å². The molecule has 0 aliphatic carbocycles. The predicted octanol–water partition coefficient (Wildman–Crippen LogP) is 4.32. The van der Waals surface area contributed by atoms with E-state index in [0.717, 1.165) is 12.2 Å². The molecule has 6 nitrogen and oxygen atoms in total. The number of nitrogens with zero attached hydrogens (tertiary/aromatic N) is 2. The number of amides is 3. The molecule has 6 heteroatoms. The highest BCUT2D eigenvalue weighted by atomic mass is 16.3. The molecule has 2 aromatic rings. The minimum atomic E-state index is -0.365. The first-order chi connectivity index (χ1) is 14.1. The Morgan fingerprint density at radius 3 is 2.30 bits per heavy atom. The molecule has 2 rings (SSSR count). The van der Waals surface area contributed by atoms with Crippen molar-refractivity contribution in [3.05, 3.63) is 60.1 Å². The predicted molar refractivity (Wildman–Crippen MR) is 119 cm³/mol. The standard InChI is InChI=1S/C24H35N3O3/c1-19(2)16-27(23(29)25-24(3,4)5)18-22(28)26(17-21-12-9-15-30-21)14-13-20-10-7-6-8-11-20/h6-12,15,19H,13-14,16-18H2,1-5H3,(H,25,29). The van der Waals surface area contributed by atoms with Crippen LogP contribution in [0.3, 0.4) is 0 Å². The van der Waals surface area contributed by atoms with Crippen molar-refractivity contribution >= 4 is 11.9 Å². The largest absolute Gasteiger partial charge is 0.467 e. The number of carbonyl (C=O) groups is 2. The molecule has 0 fully saturated rings. The van der Waals surface area contributed by atoms with Crippen LogP contribution in [0.1, 0.15) is 45.9 Å². The minimum Gasteiger partial charge on any atom is -0.467 e. The Bertz CT molecular complexity index is 780. The van der Waals surface area contributed by atoms with E-state index in [1.165, 1.54) is 5.56 Å². The van der Waals surface area contributed by atoms with Crippen molar-refractivity contribution in [1.82, 2.24) is 15.1 Å². The molecule has 1 N–H and O–H groups in total. The summed E-state index contributed by atoms with van der Waals surface area (Å²) in [4.78, 5) is 29.4. The van der Waals surface area contributed by atoms with Crippen LogP contribution in [0.5, 0.6) is 0 Å². The van der Waals surface area contributed by atoms with Crippen molar-refractivity contribution < 1.29 is 14.0 Å². The first-order valence-electron chi connectivity index (χ1n) is 10.5. The molecule has 0 saturated heterocycles. The van der Waals surface area contributed by atoms with Crippen molar-refractivity contribution in [3.63, 3.8) is 0 Å². The average molecular weight is 414 g/mol. The lowest BCUT2D eigenvalue weighted by Gasteiger charge is -2.31. The van der Waals surface area contributed by atoms with Crippen LogP contribution in [0.15, 0.2) is 53.1 Å². The smallest absolute Gasteiger partial charge is 0.318 e. The summed E-state index contributed by atoms with van der Waals surface area (Å²) in [6, 6.07) is 13.5. The highest BCUT2D eigenvalue weighted by Crippen LogP contribution is 2.11. The molecular formula is C24H35N3O3. The molecule has 0 aliphatic heterocycles. The summed E-state index contributed by atoms with van der Waals surface area (Å²) in [5.74, 6) is 0.893. The molecule has 0 aliphatic rings. The third-order valence-electron chi connectivity index (χ3n) is 4.47. The van der Waals surface area contributed by atoms with Gasteiger partial charge in [-0.1, -0.05) is 44.2 Å². The molecule has 164 valence electrons. The fourth-order valence-corrected chi connectivity index (χ4v) is 3.11. The zero-order chi connectivity index (χ0) is 22.1. The van der Waals surface area contributed by atoms with Gasteiger partial charge in [-0.3, -0.25) is 4.79 Å². The Kier molecular flexibility index (Phi) is 8.51. The van der Waals surface area contributed by atoms with Gasteiger partial charge in [0, 0.05) is 18.6 Å². The second kappa shape index (κ2) is 10.9. The molecule has 0 unspecified atom stereocenters. The van der Waals surface area contributed by atoms with Gasteiger partial charge in [-0.15, -0.1) is 0 Å². The third-order valence-corrected chi connectivity index (χ3v) is 4.47. The van der Waals surface area contributed by atoms with Crippen LogP contribution in [-0.4, -0.2) is 46.9 Å². The SMILES string of the molecule is CC(C)CN(CC(=O)N(CCc1ccccc1)Cc1ccco1)C(=O)NC(C)(C)C. The van der Waals surface area contributed by atoms with Crippen molar-refractivity contribution in [2.75, 3.05) is 19.6 Å². The van der Waals surface area contributed by atoms with E-state index in [-0.39, 0.29) is 29.9 Å². The number of hydrogen-bond acceptors (Lipinski definition) is 3. The summed E-state index contributed by atoms with van der Waals surface area (Å²) in [6.45, 7) is 11.4. The zero-order valence-electron chi connectivity index (χ0n) is 18.9. The van der Waals surface area contributed by atoms with E-state index in [2.05, 4.69) is 17.4 Å². The molecule has 0 atom stereocenters. The van der Waals surface area contributed by atoms with E-state index >= 15 is 0 Å². The van der Waals surface area contributed by atoms with Crippen LogP contribution in [0.25, 0.3) is 0 Å². The van der Waals surface area contributed by atoms with Gasteiger partial charge in [0.1, 0.15) is 12.3 Å². The van der Waals surface area contributed by atoms with Gasteiger partial charge in [-0.2, -0.15) is 0 Å². The Hall–Kier alpha value is -2.76. The van der Waals surface area contributed by atoms with Gasteiger partial charge in [0.25, 0.3) is 0 Å². The fourth-order valence-electron chi connectivity index (χ4n) is 3.11. The molecule has 3 amide bonds. The maximum Gasteiger partial charge on any atom is 0.318 e. The van der Waals surface area contributed by atoms with Crippen LogP contribution in [0.4, 0.5) is 4.79 Å². The quantitative estimate of drug-likeness (QED) is 0.666. The van der Waals surface area contributed by atoms with E-state index in [0.29, 0.717) is 19.6 Å². The highest BCUT2D eigenvalue weighted by Gasteiger charge is 2.25. The topological polar surface area (TPSA) is 65.8 Å². The first-order valence-corrected chi connectivity index (χ1v) is 10.5. The number of rotatable bonds is 9. The lowest BCUT2D eigenvalue weighted by atomic mass is 10.1. The van der Waals surface area contributed by atoms with Gasteiger partial charge < -0.3 is 19.5 Å². The normalized spacial score (nSPS) is 11.4. The molecule has 0 bridgehead atoms. The molecule has 0 radical (unpaired) electrons. The van der Waals surface area contributed by atoms with Crippen LogP contribution < -0.4 is 5.32 Å². The van der Waals surface area contributed by atoms with E-state index < -0.39 is 0 Å². The van der Waals surface area contributed by atoms with Crippen molar-refractivity contribution in [2.45, 2.75) is 53.1 Å². The van der Waals surface area contributed by atoms with E-state index in [9.17, 15) is 9.59 Å². The number of benzene rings is 1. The summed E-state index contributed by atoms with van der Waals surface area (Å²) in [5.41, 5.74) is 0.801. The zero-order valence-corrected chi connectivity index (χ0v) is 18.9. The highest BCUT2D eigenvalue weighted by molar-refractivity contribution is 5.84. The van der Waals surface area contributed by atoms with Crippen LogP contribution >= 0.6 is 0 Å². The summed E-state index contributed by atoms with van der Waals surface area (Å²) >= 11 is 0. The minimum absolute atomic E-state index is 0.0373. The van der Waals surface area contributed by atoms with Crippen LogP contribution in [0.2, 0.25) is 0 Å².